The summed E-state index contributed by atoms with van der Waals surface area (Å²) in [6.45, 7) is 1.88. The van der Waals surface area contributed by atoms with Gasteiger partial charge in [-0.2, -0.15) is 0 Å². The molecule has 2 aliphatic rings. The number of methoxy groups -OCH3 is 1. The molecule has 1 saturated carbocycles. The van der Waals surface area contributed by atoms with Crippen LogP contribution in [-0.2, 0) is 11.3 Å². The highest BCUT2D eigenvalue weighted by atomic mass is 16.5. The number of hydrogen-bond donors (Lipinski definition) is 0. The molecule has 1 saturated heterocycles. The molecule has 4 rings (SSSR count). The van der Waals surface area contributed by atoms with Crippen LogP contribution in [0.2, 0.25) is 0 Å². The van der Waals surface area contributed by atoms with E-state index in [2.05, 4.69) is 28.1 Å². The zero-order valence-corrected chi connectivity index (χ0v) is 15.1. The minimum absolute atomic E-state index is 0.134. The number of nitrogens with zero attached hydrogens (tertiary/aromatic N) is 3. The SMILES string of the molecule is COCCN1C(=O)N(Cc2ccccc2)[C@@H]2[C@H](c3cccnc3)CC[C@@H]21. The maximum atomic E-state index is 13.2. The Morgan fingerprint density at radius 3 is 2.69 bits per heavy atom. The van der Waals surface area contributed by atoms with Crippen molar-refractivity contribution in [3.63, 3.8) is 0 Å². The molecule has 0 radical (unpaired) electrons. The number of hydrogen-bond acceptors (Lipinski definition) is 3. The number of urea groups is 1. The monoisotopic (exact) mass is 351 g/mol. The second-order valence-electron chi connectivity index (χ2n) is 7.11. The molecule has 2 fully saturated rings. The van der Waals surface area contributed by atoms with Gasteiger partial charge in [0, 0.05) is 38.5 Å². The van der Waals surface area contributed by atoms with Crippen LogP contribution in [0.4, 0.5) is 4.79 Å². The number of benzene rings is 1. The van der Waals surface area contributed by atoms with Crippen LogP contribution in [0.5, 0.6) is 0 Å². The lowest BCUT2D eigenvalue weighted by Gasteiger charge is -2.28. The van der Waals surface area contributed by atoms with Crippen LogP contribution in [0, 0.1) is 0 Å². The summed E-state index contributed by atoms with van der Waals surface area (Å²) in [6.07, 6.45) is 5.88. The zero-order valence-electron chi connectivity index (χ0n) is 15.1. The Kier molecular flexibility index (Phi) is 4.89. The van der Waals surface area contributed by atoms with Gasteiger partial charge in [-0.3, -0.25) is 4.98 Å². The standard InChI is InChI=1S/C21H25N3O2/c1-26-13-12-23-19-10-9-18(17-8-5-11-22-14-17)20(19)24(21(23)25)15-16-6-3-2-4-7-16/h2-8,11,14,18-20H,9-10,12-13,15H2,1H3/t18-,19-,20+/m0/s1. The van der Waals surface area contributed by atoms with Crippen LogP contribution in [0.15, 0.2) is 54.9 Å². The summed E-state index contributed by atoms with van der Waals surface area (Å²) >= 11 is 0. The molecule has 1 aromatic carbocycles. The summed E-state index contributed by atoms with van der Waals surface area (Å²) in [7, 11) is 1.69. The molecule has 5 heteroatoms. The highest BCUT2D eigenvalue weighted by Gasteiger charge is 2.52. The Balaban J connectivity index is 1.64. The number of aromatic nitrogens is 1. The van der Waals surface area contributed by atoms with Gasteiger partial charge < -0.3 is 14.5 Å². The van der Waals surface area contributed by atoms with Crippen LogP contribution >= 0.6 is 0 Å². The predicted molar refractivity (Wildman–Crippen MR) is 99.8 cm³/mol. The minimum Gasteiger partial charge on any atom is -0.383 e. The van der Waals surface area contributed by atoms with E-state index in [1.54, 1.807) is 7.11 Å². The number of carbonyl (C=O) groups is 1. The summed E-state index contributed by atoms with van der Waals surface area (Å²) in [6, 6.07) is 15.0. The zero-order chi connectivity index (χ0) is 17.9. The smallest absolute Gasteiger partial charge is 0.321 e. The van der Waals surface area contributed by atoms with Gasteiger partial charge in [-0.05, 0) is 30.0 Å². The first-order valence-electron chi connectivity index (χ1n) is 9.29. The number of ether oxygens (including phenoxy) is 1. The van der Waals surface area contributed by atoms with Gasteiger partial charge in [-0.15, -0.1) is 0 Å². The van der Waals surface area contributed by atoms with Crippen molar-refractivity contribution in [3.05, 3.63) is 66.0 Å². The molecular weight excluding hydrogens is 326 g/mol. The second kappa shape index (κ2) is 7.46. The van der Waals surface area contributed by atoms with Crippen LogP contribution in [0.25, 0.3) is 0 Å². The number of rotatable bonds is 6. The molecule has 0 spiro atoms. The number of pyridine rings is 1. The largest absolute Gasteiger partial charge is 0.383 e. The number of fused-ring (bicyclic) bond motifs is 1. The molecule has 1 aliphatic heterocycles. The maximum Gasteiger partial charge on any atom is 0.321 e. The third kappa shape index (κ3) is 3.07. The molecule has 0 bridgehead atoms. The van der Waals surface area contributed by atoms with Crippen LogP contribution in [-0.4, -0.2) is 53.2 Å². The van der Waals surface area contributed by atoms with Crippen molar-refractivity contribution in [2.75, 3.05) is 20.3 Å². The first-order valence-corrected chi connectivity index (χ1v) is 9.29. The van der Waals surface area contributed by atoms with Crippen molar-refractivity contribution in [1.82, 2.24) is 14.8 Å². The minimum atomic E-state index is 0.134. The lowest BCUT2D eigenvalue weighted by Crippen LogP contribution is -2.37. The van der Waals surface area contributed by atoms with Crippen molar-refractivity contribution >= 4 is 6.03 Å². The van der Waals surface area contributed by atoms with Crippen LogP contribution in [0.3, 0.4) is 0 Å². The van der Waals surface area contributed by atoms with E-state index in [1.165, 1.54) is 11.1 Å². The fourth-order valence-electron chi connectivity index (χ4n) is 4.52. The molecule has 26 heavy (non-hydrogen) atoms. The Morgan fingerprint density at radius 1 is 1.12 bits per heavy atom. The van der Waals surface area contributed by atoms with E-state index in [0.717, 1.165) is 12.8 Å². The summed E-state index contributed by atoms with van der Waals surface area (Å²) in [5.41, 5.74) is 2.41. The lowest BCUT2D eigenvalue weighted by atomic mass is 9.94. The molecule has 2 aromatic rings. The first kappa shape index (κ1) is 17.0. The van der Waals surface area contributed by atoms with Gasteiger partial charge >= 0.3 is 6.03 Å². The van der Waals surface area contributed by atoms with E-state index in [1.807, 2.05) is 41.6 Å². The Morgan fingerprint density at radius 2 is 1.96 bits per heavy atom. The molecule has 0 unspecified atom stereocenters. The molecule has 0 N–H and O–H groups in total. The first-order chi connectivity index (χ1) is 12.8. The highest BCUT2D eigenvalue weighted by Crippen LogP contribution is 2.44. The van der Waals surface area contributed by atoms with Crippen LogP contribution in [0.1, 0.15) is 29.9 Å². The van der Waals surface area contributed by atoms with E-state index in [9.17, 15) is 4.79 Å². The average molecular weight is 351 g/mol. The van der Waals surface area contributed by atoms with Gasteiger partial charge in [0.1, 0.15) is 0 Å². The normalized spacial score (nSPS) is 25.0. The summed E-state index contributed by atoms with van der Waals surface area (Å²) in [5, 5.41) is 0. The fourth-order valence-corrected chi connectivity index (χ4v) is 4.52. The van der Waals surface area contributed by atoms with Crippen LogP contribution < -0.4 is 0 Å². The van der Waals surface area contributed by atoms with E-state index in [0.29, 0.717) is 25.6 Å². The van der Waals surface area contributed by atoms with E-state index in [4.69, 9.17) is 4.74 Å². The van der Waals surface area contributed by atoms with E-state index >= 15 is 0 Å². The molecule has 3 atom stereocenters. The quantitative estimate of drug-likeness (QED) is 0.802. The van der Waals surface area contributed by atoms with Gasteiger partial charge in [0.25, 0.3) is 0 Å². The summed E-state index contributed by atoms with van der Waals surface area (Å²) in [5.74, 6) is 0.342. The molecule has 2 heterocycles. The predicted octanol–water partition coefficient (Wildman–Crippen LogP) is 3.28. The van der Waals surface area contributed by atoms with Gasteiger partial charge in [0.05, 0.1) is 18.7 Å². The Bertz CT molecular complexity index is 737. The number of carbonyl (C=O) groups excluding carboxylic acids is 1. The van der Waals surface area contributed by atoms with Crippen molar-refractivity contribution in [2.24, 2.45) is 0 Å². The maximum absolute atomic E-state index is 13.2. The third-order valence-corrected chi connectivity index (χ3v) is 5.68. The third-order valence-electron chi connectivity index (χ3n) is 5.68. The topological polar surface area (TPSA) is 45.7 Å². The van der Waals surface area contributed by atoms with Crippen molar-refractivity contribution < 1.29 is 9.53 Å². The summed E-state index contributed by atoms with van der Waals surface area (Å²) < 4.78 is 5.24. The van der Waals surface area contributed by atoms with Crippen molar-refractivity contribution in [3.8, 4) is 0 Å². The van der Waals surface area contributed by atoms with Gasteiger partial charge in [0.15, 0.2) is 0 Å². The van der Waals surface area contributed by atoms with Crippen molar-refractivity contribution in [2.45, 2.75) is 37.4 Å². The van der Waals surface area contributed by atoms with E-state index in [-0.39, 0.29) is 18.1 Å². The Labute approximate surface area is 154 Å². The van der Waals surface area contributed by atoms with Gasteiger partial charge in [0.2, 0.25) is 0 Å². The molecule has 1 aliphatic carbocycles. The van der Waals surface area contributed by atoms with Gasteiger partial charge in [-0.25, -0.2) is 4.79 Å². The molecular formula is C21H25N3O2. The molecule has 1 aromatic heterocycles. The Hall–Kier alpha value is -2.40. The molecule has 5 nitrogen and oxygen atoms in total. The number of amides is 2. The average Bonchev–Trinajstić information content (AvgIpc) is 3.22. The lowest BCUT2D eigenvalue weighted by molar-refractivity contribution is 0.142. The van der Waals surface area contributed by atoms with Crippen molar-refractivity contribution in [1.29, 1.82) is 0 Å². The highest BCUT2D eigenvalue weighted by molar-refractivity contribution is 5.78. The fraction of sp³-hybridized carbons (Fsp3) is 0.429. The van der Waals surface area contributed by atoms with Gasteiger partial charge in [-0.1, -0.05) is 36.4 Å². The van der Waals surface area contributed by atoms with E-state index < -0.39 is 0 Å². The second-order valence-corrected chi connectivity index (χ2v) is 7.11. The molecule has 136 valence electrons. The summed E-state index contributed by atoms with van der Waals surface area (Å²) in [4.78, 5) is 21.6. The molecule has 2 amide bonds.